The second-order valence-electron chi connectivity index (χ2n) is 5.16. The summed E-state index contributed by atoms with van der Waals surface area (Å²) < 4.78 is 7.01. The number of carbonyl (C=O) groups excluding carboxylic acids is 1. The Morgan fingerprint density at radius 2 is 2.13 bits per heavy atom. The number of aryl methyl sites for hydroxylation is 1. The molecule has 0 unspecified atom stereocenters. The van der Waals surface area contributed by atoms with E-state index in [0.29, 0.717) is 23.4 Å². The summed E-state index contributed by atoms with van der Waals surface area (Å²) >= 11 is 0. The zero-order valence-corrected chi connectivity index (χ0v) is 12.7. The molecular weight excluding hydrogens is 294 g/mol. The normalized spacial score (nSPS) is 10.8. The van der Waals surface area contributed by atoms with Crippen molar-refractivity contribution in [1.29, 1.82) is 0 Å². The number of hydrogen-bond acceptors (Lipinski definition) is 4. The summed E-state index contributed by atoms with van der Waals surface area (Å²) in [6, 6.07) is 8.76. The van der Waals surface area contributed by atoms with Crippen LogP contribution in [0, 0.1) is 0 Å². The Kier molecular flexibility index (Phi) is 3.89. The van der Waals surface area contributed by atoms with Gasteiger partial charge in [-0.3, -0.25) is 9.59 Å². The topological polar surface area (TPSA) is 90.3 Å². The van der Waals surface area contributed by atoms with Gasteiger partial charge >= 0.3 is 0 Å². The Morgan fingerprint density at radius 3 is 2.83 bits per heavy atom. The minimum Gasteiger partial charge on any atom is -0.467 e. The van der Waals surface area contributed by atoms with Crippen LogP contribution in [0.1, 0.15) is 23.0 Å². The van der Waals surface area contributed by atoms with Gasteiger partial charge in [0.15, 0.2) is 0 Å². The SMILES string of the molecule is CCn1cc(C(=O)NCc2ccco2)c(=O)c2c(N)cccc21. The van der Waals surface area contributed by atoms with Crippen molar-refractivity contribution < 1.29 is 9.21 Å². The summed E-state index contributed by atoms with van der Waals surface area (Å²) in [6.07, 6.45) is 3.10. The van der Waals surface area contributed by atoms with Crippen LogP contribution in [-0.4, -0.2) is 10.5 Å². The van der Waals surface area contributed by atoms with Crippen LogP contribution in [-0.2, 0) is 13.1 Å². The van der Waals surface area contributed by atoms with Crippen LogP contribution < -0.4 is 16.5 Å². The first-order valence-electron chi connectivity index (χ1n) is 7.34. The van der Waals surface area contributed by atoms with Gasteiger partial charge in [0.1, 0.15) is 11.3 Å². The molecule has 3 aromatic rings. The quantitative estimate of drug-likeness (QED) is 0.722. The highest BCUT2D eigenvalue weighted by molar-refractivity contribution is 6.00. The zero-order chi connectivity index (χ0) is 16.4. The van der Waals surface area contributed by atoms with E-state index < -0.39 is 5.91 Å². The number of amides is 1. The number of carbonyl (C=O) groups is 1. The van der Waals surface area contributed by atoms with E-state index in [4.69, 9.17) is 10.2 Å². The lowest BCUT2D eigenvalue weighted by Crippen LogP contribution is -2.29. The Labute approximate surface area is 132 Å². The summed E-state index contributed by atoms with van der Waals surface area (Å²) in [6.45, 7) is 2.79. The molecule has 118 valence electrons. The van der Waals surface area contributed by atoms with Crippen molar-refractivity contribution in [3.8, 4) is 0 Å². The Hall–Kier alpha value is -3.02. The van der Waals surface area contributed by atoms with Gasteiger partial charge in [-0.1, -0.05) is 6.07 Å². The third kappa shape index (κ3) is 2.70. The second-order valence-corrected chi connectivity index (χ2v) is 5.16. The fourth-order valence-electron chi connectivity index (χ4n) is 2.56. The van der Waals surface area contributed by atoms with Gasteiger partial charge in [-0.15, -0.1) is 0 Å². The number of aromatic nitrogens is 1. The number of hydrogen-bond donors (Lipinski definition) is 2. The molecule has 0 spiro atoms. The monoisotopic (exact) mass is 311 g/mol. The van der Waals surface area contributed by atoms with Crippen molar-refractivity contribution in [2.24, 2.45) is 0 Å². The highest BCUT2D eigenvalue weighted by atomic mass is 16.3. The molecule has 0 aliphatic heterocycles. The van der Waals surface area contributed by atoms with Crippen LogP contribution in [0.2, 0.25) is 0 Å². The molecule has 0 atom stereocenters. The number of nitrogen functional groups attached to an aromatic ring is 1. The van der Waals surface area contributed by atoms with Crippen LogP contribution in [0.4, 0.5) is 5.69 Å². The summed E-state index contributed by atoms with van der Waals surface area (Å²) in [4.78, 5) is 25.0. The maximum absolute atomic E-state index is 12.6. The van der Waals surface area contributed by atoms with E-state index in [1.807, 2.05) is 17.6 Å². The van der Waals surface area contributed by atoms with Gasteiger partial charge in [-0.05, 0) is 31.2 Å². The van der Waals surface area contributed by atoms with E-state index in [1.54, 1.807) is 30.5 Å². The average Bonchev–Trinajstić information content (AvgIpc) is 3.06. The Balaban J connectivity index is 2.03. The molecule has 0 aliphatic rings. The number of nitrogens with two attached hydrogens (primary N) is 1. The molecule has 3 rings (SSSR count). The number of nitrogens with zero attached hydrogens (tertiary/aromatic N) is 1. The summed E-state index contributed by atoms with van der Waals surface area (Å²) in [5.74, 6) is 0.174. The first kappa shape index (κ1) is 14.9. The smallest absolute Gasteiger partial charge is 0.257 e. The van der Waals surface area contributed by atoms with Crippen LogP contribution in [0.5, 0.6) is 0 Å². The molecule has 6 heteroatoms. The summed E-state index contributed by atoms with van der Waals surface area (Å²) in [7, 11) is 0. The van der Waals surface area contributed by atoms with Crippen molar-refractivity contribution >= 4 is 22.5 Å². The van der Waals surface area contributed by atoms with Crippen molar-refractivity contribution in [3.63, 3.8) is 0 Å². The van der Waals surface area contributed by atoms with Crippen molar-refractivity contribution in [2.75, 3.05) is 5.73 Å². The molecule has 1 amide bonds. The molecule has 23 heavy (non-hydrogen) atoms. The minimum atomic E-state index is -0.446. The Morgan fingerprint density at radius 1 is 1.30 bits per heavy atom. The number of rotatable bonds is 4. The number of furan rings is 1. The molecular formula is C17H17N3O3. The van der Waals surface area contributed by atoms with Crippen LogP contribution >= 0.6 is 0 Å². The maximum Gasteiger partial charge on any atom is 0.257 e. The number of anilines is 1. The molecule has 2 aromatic heterocycles. The lowest BCUT2D eigenvalue weighted by molar-refractivity contribution is 0.0946. The first-order chi connectivity index (χ1) is 11.1. The van der Waals surface area contributed by atoms with Crippen molar-refractivity contribution in [1.82, 2.24) is 9.88 Å². The molecule has 6 nitrogen and oxygen atoms in total. The molecule has 1 aromatic carbocycles. The third-order valence-corrected chi connectivity index (χ3v) is 3.73. The highest BCUT2D eigenvalue weighted by Crippen LogP contribution is 2.18. The van der Waals surface area contributed by atoms with E-state index in [-0.39, 0.29) is 17.5 Å². The average molecular weight is 311 g/mol. The lowest BCUT2D eigenvalue weighted by Gasteiger charge is -2.12. The van der Waals surface area contributed by atoms with Gasteiger partial charge in [0, 0.05) is 18.4 Å². The van der Waals surface area contributed by atoms with Gasteiger partial charge in [0.05, 0.1) is 23.7 Å². The fourth-order valence-corrected chi connectivity index (χ4v) is 2.56. The van der Waals surface area contributed by atoms with Crippen molar-refractivity contribution in [2.45, 2.75) is 20.0 Å². The van der Waals surface area contributed by atoms with Gasteiger partial charge in [0.2, 0.25) is 5.43 Å². The van der Waals surface area contributed by atoms with Gasteiger partial charge in [0.25, 0.3) is 5.91 Å². The number of fused-ring (bicyclic) bond motifs is 1. The molecule has 0 saturated carbocycles. The van der Waals surface area contributed by atoms with E-state index in [2.05, 4.69) is 5.32 Å². The van der Waals surface area contributed by atoms with Crippen LogP contribution in [0.15, 0.2) is 52.0 Å². The molecule has 2 heterocycles. The van der Waals surface area contributed by atoms with Gasteiger partial charge < -0.3 is 20.0 Å². The van der Waals surface area contributed by atoms with Gasteiger partial charge in [-0.25, -0.2) is 0 Å². The standard InChI is InChI=1S/C17H17N3O3/c1-2-20-10-12(17(22)19-9-11-5-4-8-23-11)16(21)15-13(18)6-3-7-14(15)20/h3-8,10H,2,9,18H2,1H3,(H,19,22). The van der Waals surface area contributed by atoms with Gasteiger partial charge in [-0.2, -0.15) is 0 Å². The van der Waals surface area contributed by atoms with E-state index >= 15 is 0 Å². The molecule has 0 bridgehead atoms. The van der Waals surface area contributed by atoms with Crippen LogP contribution in [0.3, 0.4) is 0 Å². The Bertz CT molecular complexity index is 911. The number of pyridine rings is 1. The predicted octanol–water partition coefficient (Wildman–Crippen LogP) is 2.13. The van der Waals surface area contributed by atoms with Crippen molar-refractivity contribution in [3.05, 3.63) is 64.3 Å². The summed E-state index contributed by atoms with van der Waals surface area (Å²) in [5, 5.41) is 3.07. The maximum atomic E-state index is 12.6. The predicted molar refractivity (Wildman–Crippen MR) is 88.2 cm³/mol. The second kappa shape index (κ2) is 6.00. The third-order valence-electron chi connectivity index (χ3n) is 3.73. The highest BCUT2D eigenvalue weighted by Gasteiger charge is 2.16. The van der Waals surface area contributed by atoms with E-state index in [9.17, 15) is 9.59 Å². The number of nitrogens with one attached hydrogen (secondary N) is 1. The molecule has 0 saturated heterocycles. The van der Waals surface area contributed by atoms with E-state index in [0.717, 1.165) is 5.52 Å². The number of benzene rings is 1. The molecule has 0 radical (unpaired) electrons. The molecule has 0 aliphatic carbocycles. The minimum absolute atomic E-state index is 0.0730. The molecule has 0 fully saturated rings. The summed E-state index contributed by atoms with van der Waals surface area (Å²) in [5.41, 5.74) is 6.75. The fraction of sp³-hybridized carbons (Fsp3) is 0.176. The largest absolute Gasteiger partial charge is 0.467 e. The zero-order valence-electron chi connectivity index (χ0n) is 12.7. The van der Waals surface area contributed by atoms with Crippen LogP contribution in [0.25, 0.3) is 10.9 Å². The molecule has 3 N–H and O–H groups in total. The van der Waals surface area contributed by atoms with E-state index in [1.165, 1.54) is 6.26 Å². The first-order valence-corrected chi connectivity index (χ1v) is 7.34. The lowest BCUT2D eigenvalue weighted by atomic mass is 10.1.